The number of aromatic nitrogens is 2. The molecule has 0 bridgehead atoms. The molecule has 7 heteroatoms. The second-order valence-corrected chi connectivity index (χ2v) is 5.42. The van der Waals surface area contributed by atoms with Crippen LogP contribution in [0.25, 0.3) is 0 Å². The fraction of sp³-hybridized carbons (Fsp3) is 0.273. The molecule has 0 unspecified atom stereocenters. The standard InChI is InChI=1S/C11H10N4OS2/c1-6-4-17-10(13-6)8(3-12)9(16)15-11-14-7(2)5-18-11/h4-5,8H,1-2H3,(H,14,15,16)/t8-/m1/s1. The zero-order valence-corrected chi connectivity index (χ0v) is 11.4. The van der Waals surface area contributed by atoms with Crippen LogP contribution >= 0.6 is 22.7 Å². The van der Waals surface area contributed by atoms with Crippen LogP contribution in [0.15, 0.2) is 10.8 Å². The van der Waals surface area contributed by atoms with E-state index in [-0.39, 0.29) is 5.91 Å². The van der Waals surface area contributed by atoms with Crippen molar-refractivity contribution in [2.75, 3.05) is 5.32 Å². The fourth-order valence-corrected chi connectivity index (χ4v) is 2.85. The zero-order chi connectivity index (χ0) is 13.1. The van der Waals surface area contributed by atoms with Crippen molar-refractivity contribution < 1.29 is 4.79 Å². The summed E-state index contributed by atoms with van der Waals surface area (Å²) in [5.74, 6) is -1.27. The maximum absolute atomic E-state index is 12.0. The lowest BCUT2D eigenvalue weighted by Crippen LogP contribution is -2.19. The summed E-state index contributed by atoms with van der Waals surface area (Å²) in [7, 11) is 0. The van der Waals surface area contributed by atoms with Crippen molar-refractivity contribution in [1.29, 1.82) is 5.26 Å². The van der Waals surface area contributed by atoms with Crippen LogP contribution in [0.1, 0.15) is 22.3 Å². The molecule has 2 heterocycles. The maximum atomic E-state index is 12.0. The normalized spacial score (nSPS) is 11.8. The van der Waals surface area contributed by atoms with Crippen LogP contribution in [-0.4, -0.2) is 15.9 Å². The quantitative estimate of drug-likeness (QED) is 0.935. The molecule has 2 aromatic heterocycles. The second-order valence-electron chi connectivity index (χ2n) is 3.67. The Hall–Kier alpha value is -1.78. The average molecular weight is 278 g/mol. The van der Waals surface area contributed by atoms with Crippen molar-refractivity contribution in [3.63, 3.8) is 0 Å². The zero-order valence-electron chi connectivity index (χ0n) is 9.80. The molecular weight excluding hydrogens is 268 g/mol. The molecule has 0 saturated heterocycles. The van der Waals surface area contributed by atoms with Gasteiger partial charge in [0.25, 0.3) is 5.91 Å². The summed E-state index contributed by atoms with van der Waals surface area (Å²) in [5, 5.41) is 16.4. The number of nitrogens with one attached hydrogen (secondary N) is 1. The third kappa shape index (κ3) is 2.72. The van der Waals surface area contributed by atoms with Gasteiger partial charge in [-0.15, -0.1) is 22.7 Å². The number of aryl methyl sites for hydroxylation is 2. The first-order valence-electron chi connectivity index (χ1n) is 5.15. The van der Waals surface area contributed by atoms with Crippen molar-refractivity contribution in [2.45, 2.75) is 19.8 Å². The van der Waals surface area contributed by atoms with E-state index in [0.29, 0.717) is 10.1 Å². The molecule has 0 aliphatic heterocycles. The Balaban J connectivity index is 2.14. The van der Waals surface area contributed by atoms with Crippen molar-refractivity contribution in [3.8, 4) is 6.07 Å². The second kappa shape index (κ2) is 5.25. The fourth-order valence-electron chi connectivity index (χ4n) is 1.32. The Kier molecular flexibility index (Phi) is 3.69. The van der Waals surface area contributed by atoms with E-state index >= 15 is 0 Å². The first kappa shape index (κ1) is 12.7. The highest BCUT2D eigenvalue weighted by molar-refractivity contribution is 7.14. The van der Waals surface area contributed by atoms with Crippen LogP contribution in [0.3, 0.4) is 0 Å². The highest BCUT2D eigenvalue weighted by Gasteiger charge is 2.24. The van der Waals surface area contributed by atoms with Crippen LogP contribution < -0.4 is 5.32 Å². The summed E-state index contributed by atoms with van der Waals surface area (Å²) in [6, 6.07) is 1.97. The van der Waals surface area contributed by atoms with Gasteiger partial charge in [0, 0.05) is 16.5 Å². The lowest BCUT2D eigenvalue weighted by molar-refractivity contribution is -0.116. The predicted octanol–water partition coefficient (Wildman–Crippen LogP) is 2.46. The highest BCUT2D eigenvalue weighted by Crippen LogP contribution is 2.22. The minimum Gasteiger partial charge on any atom is -0.300 e. The van der Waals surface area contributed by atoms with E-state index in [2.05, 4.69) is 15.3 Å². The van der Waals surface area contributed by atoms with Gasteiger partial charge in [0.1, 0.15) is 5.01 Å². The molecule has 1 amide bonds. The van der Waals surface area contributed by atoms with Gasteiger partial charge in [-0.3, -0.25) is 4.79 Å². The monoisotopic (exact) mass is 278 g/mol. The Bertz CT molecular complexity index is 611. The summed E-state index contributed by atoms with van der Waals surface area (Å²) in [5.41, 5.74) is 1.65. The number of carbonyl (C=O) groups is 1. The molecule has 0 aliphatic carbocycles. The molecule has 2 rings (SSSR count). The van der Waals surface area contributed by atoms with E-state index in [9.17, 15) is 4.79 Å². The molecule has 18 heavy (non-hydrogen) atoms. The van der Waals surface area contributed by atoms with Gasteiger partial charge in [-0.25, -0.2) is 9.97 Å². The number of hydrogen-bond donors (Lipinski definition) is 1. The Labute approximate surface area is 112 Å². The molecule has 1 atom stereocenters. The molecule has 92 valence electrons. The van der Waals surface area contributed by atoms with E-state index < -0.39 is 5.92 Å². The largest absolute Gasteiger partial charge is 0.300 e. The molecule has 0 saturated carbocycles. The summed E-state index contributed by atoms with van der Waals surface area (Å²) < 4.78 is 0. The van der Waals surface area contributed by atoms with Gasteiger partial charge in [0.15, 0.2) is 11.0 Å². The smallest absolute Gasteiger partial charge is 0.250 e. The van der Waals surface area contributed by atoms with Crippen LogP contribution in [0.4, 0.5) is 5.13 Å². The van der Waals surface area contributed by atoms with E-state index in [1.165, 1.54) is 22.7 Å². The predicted molar refractivity (Wildman–Crippen MR) is 70.7 cm³/mol. The number of nitriles is 1. The highest BCUT2D eigenvalue weighted by atomic mass is 32.1. The number of thiazole rings is 2. The molecule has 0 radical (unpaired) electrons. The number of amides is 1. The van der Waals surface area contributed by atoms with Gasteiger partial charge in [-0.05, 0) is 13.8 Å². The summed E-state index contributed by atoms with van der Waals surface area (Å²) in [6.45, 7) is 3.68. The molecule has 5 nitrogen and oxygen atoms in total. The topological polar surface area (TPSA) is 78.7 Å². The molecule has 1 N–H and O–H groups in total. The van der Waals surface area contributed by atoms with E-state index in [0.717, 1.165) is 11.4 Å². The number of hydrogen-bond acceptors (Lipinski definition) is 6. The lowest BCUT2D eigenvalue weighted by Gasteiger charge is -2.04. The minimum atomic E-state index is -0.882. The molecule has 2 aromatic rings. The summed E-state index contributed by atoms with van der Waals surface area (Å²) >= 11 is 2.65. The molecule has 0 aliphatic rings. The molecule has 0 aromatic carbocycles. The molecule has 0 spiro atoms. The molecular formula is C11H10N4OS2. The third-order valence-corrected chi connectivity index (χ3v) is 4.03. The van der Waals surface area contributed by atoms with E-state index in [4.69, 9.17) is 5.26 Å². The van der Waals surface area contributed by atoms with Crippen LogP contribution in [-0.2, 0) is 4.79 Å². The first-order valence-corrected chi connectivity index (χ1v) is 6.90. The van der Waals surface area contributed by atoms with Crippen molar-refractivity contribution in [1.82, 2.24) is 9.97 Å². The third-order valence-electron chi connectivity index (χ3n) is 2.12. The van der Waals surface area contributed by atoms with Gasteiger partial charge in [0.2, 0.25) is 0 Å². The van der Waals surface area contributed by atoms with Crippen molar-refractivity contribution in [3.05, 3.63) is 27.2 Å². The summed E-state index contributed by atoms with van der Waals surface area (Å²) in [4.78, 5) is 20.3. The SMILES string of the molecule is Cc1csc(NC(=O)[C@@H](C#N)c2nc(C)cs2)n1. The van der Waals surface area contributed by atoms with Gasteiger partial charge >= 0.3 is 0 Å². The minimum absolute atomic E-state index is 0.388. The Morgan fingerprint density at radius 1 is 1.33 bits per heavy atom. The lowest BCUT2D eigenvalue weighted by atomic mass is 10.2. The summed E-state index contributed by atoms with van der Waals surface area (Å²) in [6.07, 6.45) is 0. The number of carbonyl (C=O) groups excluding carboxylic acids is 1. The number of rotatable bonds is 3. The van der Waals surface area contributed by atoms with Crippen LogP contribution in [0.5, 0.6) is 0 Å². The maximum Gasteiger partial charge on any atom is 0.250 e. The van der Waals surface area contributed by atoms with E-state index in [1.54, 1.807) is 0 Å². The van der Waals surface area contributed by atoms with Gasteiger partial charge in [-0.2, -0.15) is 5.26 Å². The van der Waals surface area contributed by atoms with Crippen molar-refractivity contribution >= 4 is 33.7 Å². The van der Waals surface area contributed by atoms with Gasteiger partial charge < -0.3 is 5.32 Å². The Morgan fingerprint density at radius 2 is 2.00 bits per heavy atom. The van der Waals surface area contributed by atoms with Gasteiger partial charge in [0.05, 0.1) is 11.8 Å². The van der Waals surface area contributed by atoms with Gasteiger partial charge in [-0.1, -0.05) is 0 Å². The first-order chi connectivity index (χ1) is 8.60. The number of anilines is 1. The van der Waals surface area contributed by atoms with Crippen LogP contribution in [0, 0.1) is 25.2 Å². The average Bonchev–Trinajstić information content (AvgIpc) is 2.89. The van der Waals surface area contributed by atoms with Crippen molar-refractivity contribution in [2.24, 2.45) is 0 Å². The van der Waals surface area contributed by atoms with Crippen LogP contribution in [0.2, 0.25) is 0 Å². The number of nitrogens with zero attached hydrogens (tertiary/aromatic N) is 3. The Morgan fingerprint density at radius 3 is 2.50 bits per heavy atom. The molecule has 0 fully saturated rings. The van der Waals surface area contributed by atoms with E-state index in [1.807, 2.05) is 30.7 Å².